The second-order valence-electron chi connectivity index (χ2n) is 7.94. The molecular weight excluding hydrogens is 426 g/mol. The summed E-state index contributed by atoms with van der Waals surface area (Å²) in [6.45, 7) is 2.06. The maximum atomic E-state index is 13.3. The molecule has 1 amide bonds. The Balaban J connectivity index is 1.41. The lowest BCUT2D eigenvalue weighted by Crippen LogP contribution is -2.44. The molecule has 1 N–H and O–H groups in total. The zero-order chi connectivity index (χ0) is 22.0. The Bertz CT molecular complexity index is 1110. The predicted molar refractivity (Wildman–Crippen MR) is 122 cm³/mol. The van der Waals surface area contributed by atoms with Crippen molar-refractivity contribution < 1.29 is 19.0 Å². The number of rotatable bonds is 6. The SMILES string of the molecule is CSc1ncc(C(=O)NCC2(c3ccc4c(c3)OCO4)CCOCC2)n1-c1ccccc1. The Morgan fingerprint density at radius 2 is 1.91 bits per heavy atom. The Morgan fingerprint density at radius 3 is 2.69 bits per heavy atom. The van der Waals surface area contributed by atoms with Crippen molar-refractivity contribution >= 4 is 17.7 Å². The Morgan fingerprint density at radius 1 is 1.12 bits per heavy atom. The van der Waals surface area contributed by atoms with E-state index in [1.807, 2.05) is 53.3 Å². The highest BCUT2D eigenvalue weighted by molar-refractivity contribution is 7.98. The van der Waals surface area contributed by atoms with Crippen molar-refractivity contribution in [2.24, 2.45) is 0 Å². The molecule has 7 nitrogen and oxygen atoms in total. The van der Waals surface area contributed by atoms with Crippen LogP contribution >= 0.6 is 11.8 Å². The lowest BCUT2D eigenvalue weighted by atomic mass is 9.74. The summed E-state index contributed by atoms with van der Waals surface area (Å²) in [7, 11) is 0. The van der Waals surface area contributed by atoms with Crippen molar-refractivity contribution in [2.75, 3.05) is 32.8 Å². The van der Waals surface area contributed by atoms with Gasteiger partial charge in [0.25, 0.3) is 5.91 Å². The average molecular weight is 452 g/mol. The van der Waals surface area contributed by atoms with Crippen molar-refractivity contribution in [2.45, 2.75) is 23.4 Å². The van der Waals surface area contributed by atoms with Crippen molar-refractivity contribution in [3.8, 4) is 17.2 Å². The van der Waals surface area contributed by atoms with Crippen LogP contribution in [-0.2, 0) is 10.2 Å². The van der Waals surface area contributed by atoms with E-state index in [9.17, 15) is 4.79 Å². The molecule has 5 rings (SSSR count). The highest BCUT2D eigenvalue weighted by Crippen LogP contribution is 2.40. The van der Waals surface area contributed by atoms with Crippen LogP contribution in [-0.4, -0.2) is 48.3 Å². The van der Waals surface area contributed by atoms with E-state index in [1.54, 1.807) is 6.20 Å². The van der Waals surface area contributed by atoms with Gasteiger partial charge in [0, 0.05) is 30.9 Å². The van der Waals surface area contributed by atoms with Crippen LogP contribution in [0.2, 0.25) is 0 Å². The molecule has 2 aliphatic heterocycles. The van der Waals surface area contributed by atoms with Crippen molar-refractivity contribution in [3.63, 3.8) is 0 Å². The molecule has 0 atom stereocenters. The first-order chi connectivity index (χ1) is 15.7. The number of hydrogen-bond acceptors (Lipinski definition) is 6. The first-order valence-electron chi connectivity index (χ1n) is 10.6. The summed E-state index contributed by atoms with van der Waals surface area (Å²) in [4.78, 5) is 17.8. The van der Waals surface area contributed by atoms with E-state index >= 15 is 0 Å². The third-order valence-electron chi connectivity index (χ3n) is 6.18. The summed E-state index contributed by atoms with van der Waals surface area (Å²) in [5.41, 5.74) is 2.34. The van der Waals surface area contributed by atoms with E-state index in [0.717, 1.165) is 40.7 Å². The molecule has 0 bridgehead atoms. The van der Waals surface area contributed by atoms with Crippen LogP contribution in [0.25, 0.3) is 5.69 Å². The van der Waals surface area contributed by atoms with Crippen LogP contribution in [0.5, 0.6) is 11.5 Å². The average Bonchev–Trinajstić information content (AvgIpc) is 3.50. The van der Waals surface area contributed by atoms with E-state index in [4.69, 9.17) is 14.2 Å². The molecule has 0 unspecified atom stereocenters. The molecule has 8 heteroatoms. The van der Waals surface area contributed by atoms with Gasteiger partial charge in [-0.25, -0.2) is 4.98 Å². The van der Waals surface area contributed by atoms with Gasteiger partial charge in [0.1, 0.15) is 5.69 Å². The quantitative estimate of drug-likeness (QED) is 0.575. The number of amides is 1. The fraction of sp³-hybridized carbons (Fsp3) is 0.333. The molecule has 32 heavy (non-hydrogen) atoms. The molecule has 3 aromatic rings. The first kappa shape index (κ1) is 20.9. The highest BCUT2D eigenvalue weighted by atomic mass is 32.2. The van der Waals surface area contributed by atoms with Crippen LogP contribution < -0.4 is 14.8 Å². The van der Waals surface area contributed by atoms with E-state index in [1.165, 1.54) is 11.8 Å². The molecule has 0 saturated carbocycles. The van der Waals surface area contributed by atoms with Crippen LogP contribution in [0.1, 0.15) is 28.9 Å². The standard InChI is InChI=1S/C24H25N3O4S/c1-32-23-25-14-19(27(23)18-5-3-2-4-6-18)22(28)26-15-24(9-11-29-12-10-24)17-7-8-20-21(13-17)31-16-30-20/h2-8,13-14H,9-12,15-16H2,1H3,(H,26,28). The summed E-state index contributed by atoms with van der Waals surface area (Å²) < 4.78 is 18.6. The summed E-state index contributed by atoms with van der Waals surface area (Å²) in [6, 6.07) is 15.9. The number of nitrogens with zero attached hydrogens (tertiary/aromatic N) is 2. The summed E-state index contributed by atoms with van der Waals surface area (Å²) in [5, 5.41) is 3.96. The van der Waals surface area contributed by atoms with Gasteiger partial charge < -0.3 is 19.5 Å². The monoisotopic (exact) mass is 451 g/mol. The largest absolute Gasteiger partial charge is 0.454 e. The van der Waals surface area contributed by atoms with Gasteiger partial charge in [-0.1, -0.05) is 36.0 Å². The summed E-state index contributed by atoms with van der Waals surface area (Å²) in [5.74, 6) is 1.37. The molecular formula is C24H25N3O4S. The Labute approximate surface area is 191 Å². The number of nitrogens with one attached hydrogen (secondary N) is 1. The van der Waals surface area contributed by atoms with Gasteiger partial charge in [-0.05, 0) is 48.9 Å². The van der Waals surface area contributed by atoms with Gasteiger partial charge in [0.05, 0.1) is 6.20 Å². The normalized spacial score (nSPS) is 16.7. The summed E-state index contributed by atoms with van der Waals surface area (Å²) >= 11 is 1.51. The Hall–Kier alpha value is -2.97. The zero-order valence-corrected chi connectivity index (χ0v) is 18.7. The second-order valence-corrected chi connectivity index (χ2v) is 8.72. The van der Waals surface area contributed by atoms with E-state index in [2.05, 4.69) is 16.4 Å². The van der Waals surface area contributed by atoms with E-state index in [0.29, 0.717) is 25.5 Å². The van der Waals surface area contributed by atoms with Gasteiger partial charge in [-0.2, -0.15) is 0 Å². The molecule has 2 aromatic carbocycles. The third-order valence-corrected chi connectivity index (χ3v) is 6.83. The molecule has 3 heterocycles. The number of carbonyl (C=O) groups excluding carboxylic acids is 1. The summed E-state index contributed by atoms with van der Waals surface area (Å²) in [6.07, 6.45) is 5.24. The first-order valence-corrected chi connectivity index (χ1v) is 11.9. The van der Waals surface area contributed by atoms with Gasteiger partial charge in [-0.15, -0.1) is 0 Å². The van der Waals surface area contributed by atoms with E-state index < -0.39 is 0 Å². The number of thioether (sulfide) groups is 1. The number of fused-ring (bicyclic) bond motifs is 1. The molecule has 1 aromatic heterocycles. The Kier molecular flexibility index (Phi) is 5.80. The molecule has 0 radical (unpaired) electrons. The molecule has 0 aliphatic carbocycles. The van der Waals surface area contributed by atoms with Crippen LogP contribution in [0.3, 0.4) is 0 Å². The van der Waals surface area contributed by atoms with Crippen LogP contribution in [0.4, 0.5) is 0 Å². The minimum Gasteiger partial charge on any atom is -0.454 e. The van der Waals surface area contributed by atoms with Crippen molar-refractivity contribution in [1.29, 1.82) is 0 Å². The number of hydrogen-bond donors (Lipinski definition) is 1. The minimum atomic E-state index is -0.227. The van der Waals surface area contributed by atoms with Gasteiger partial charge in [-0.3, -0.25) is 9.36 Å². The number of para-hydroxylation sites is 1. The second kappa shape index (κ2) is 8.88. The van der Waals surface area contributed by atoms with Gasteiger partial charge in [0.2, 0.25) is 6.79 Å². The number of ether oxygens (including phenoxy) is 3. The molecule has 1 saturated heterocycles. The molecule has 0 spiro atoms. The maximum Gasteiger partial charge on any atom is 0.269 e. The number of carbonyl (C=O) groups is 1. The third kappa shape index (κ3) is 3.84. The van der Waals surface area contributed by atoms with Gasteiger partial charge in [0.15, 0.2) is 16.7 Å². The fourth-order valence-electron chi connectivity index (χ4n) is 4.36. The molecule has 1 fully saturated rings. The van der Waals surface area contributed by atoms with E-state index in [-0.39, 0.29) is 18.1 Å². The lowest BCUT2D eigenvalue weighted by Gasteiger charge is -2.38. The molecule has 166 valence electrons. The number of imidazole rings is 1. The topological polar surface area (TPSA) is 74.6 Å². The van der Waals surface area contributed by atoms with Crippen molar-refractivity contribution in [1.82, 2.24) is 14.9 Å². The maximum absolute atomic E-state index is 13.3. The van der Waals surface area contributed by atoms with Crippen LogP contribution in [0.15, 0.2) is 59.9 Å². The fourth-order valence-corrected chi connectivity index (χ4v) is 4.91. The zero-order valence-electron chi connectivity index (χ0n) is 17.9. The smallest absolute Gasteiger partial charge is 0.269 e. The molecule has 2 aliphatic rings. The highest BCUT2D eigenvalue weighted by Gasteiger charge is 2.36. The van der Waals surface area contributed by atoms with Gasteiger partial charge >= 0.3 is 0 Å². The minimum absolute atomic E-state index is 0.145. The van der Waals surface area contributed by atoms with Crippen molar-refractivity contribution in [3.05, 3.63) is 66.0 Å². The predicted octanol–water partition coefficient (Wildman–Crippen LogP) is 3.80. The number of benzene rings is 2. The number of aromatic nitrogens is 2. The lowest BCUT2D eigenvalue weighted by molar-refractivity contribution is 0.0486. The van der Waals surface area contributed by atoms with Crippen LogP contribution in [0, 0.1) is 0 Å².